The third-order valence-corrected chi connectivity index (χ3v) is 7.71. The van der Waals surface area contributed by atoms with Crippen molar-refractivity contribution in [1.82, 2.24) is 4.72 Å². The molecule has 1 aliphatic carbocycles. The number of fused-ring (bicyclic) bond motifs is 1. The minimum Gasteiger partial charge on any atom is -0.508 e. The van der Waals surface area contributed by atoms with Crippen LogP contribution in [0.3, 0.4) is 0 Å². The first kappa shape index (κ1) is 21.5. The van der Waals surface area contributed by atoms with Crippen LogP contribution in [0.5, 0.6) is 11.5 Å². The van der Waals surface area contributed by atoms with Gasteiger partial charge in [-0.05, 0) is 55.4 Å². The van der Waals surface area contributed by atoms with Crippen molar-refractivity contribution in [1.29, 1.82) is 0 Å². The van der Waals surface area contributed by atoms with Gasteiger partial charge in [0.2, 0.25) is 10.0 Å². The van der Waals surface area contributed by atoms with Gasteiger partial charge < -0.3 is 15.1 Å². The van der Waals surface area contributed by atoms with Gasteiger partial charge in [0.1, 0.15) is 11.5 Å². The van der Waals surface area contributed by atoms with Crippen LogP contribution >= 0.6 is 0 Å². The van der Waals surface area contributed by atoms with Crippen LogP contribution in [0.1, 0.15) is 37.2 Å². The molecular weight excluding hydrogens is 412 g/mol. The normalized spacial score (nSPS) is 19.4. The molecule has 6 nitrogen and oxygen atoms in total. The first-order chi connectivity index (χ1) is 14.8. The molecule has 0 amide bonds. The topological polar surface area (TPSA) is 89.9 Å². The van der Waals surface area contributed by atoms with E-state index in [4.69, 9.17) is 0 Å². The predicted octanol–water partition coefficient (Wildman–Crippen LogP) is 4.32. The molecule has 0 atom stereocenters. The zero-order valence-corrected chi connectivity index (χ0v) is 18.6. The second-order valence-corrected chi connectivity index (χ2v) is 10.1. The van der Waals surface area contributed by atoms with Crippen LogP contribution in [0.15, 0.2) is 59.5 Å². The Morgan fingerprint density at radius 2 is 1.58 bits per heavy atom. The monoisotopic (exact) mass is 440 g/mol. The summed E-state index contributed by atoms with van der Waals surface area (Å²) < 4.78 is 29.4. The van der Waals surface area contributed by atoms with Crippen molar-refractivity contribution in [2.75, 3.05) is 19.0 Å². The molecule has 0 spiro atoms. The molecule has 7 heteroatoms. The van der Waals surface area contributed by atoms with E-state index in [1.165, 1.54) is 6.07 Å². The number of benzene rings is 3. The summed E-state index contributed by atoms with van der Waals surface area (Å²) in [5.41, 5.74) is 1.79. The highest BCUT2D eigenvalue weighted by Gasteiger charge is 2.28. The maximum atomic E-state index is 13.2. The zero-order chi connectivity index (χ0) is 22.2. The van der Waals surface area contributed by atoms with Crippen LogP contribution in [0, 0.1) is 0 Å². The molecular formula is C24H28N2O4S. The highest BCUT2D eigenvalue weighted by molar-refractivity contribution is 7.89. The van der Waals surface area contributed by atoms with Crippen molar-refractivity contribution in [2.24, 2.45) is 0 Å². The van der Waals surface area contributed by atoms with Gasteiger partial charge in [-0.1, -0.05) is 30.3 Å². The van der Waals surface area contributed by atoms with Crippen LogP contribution in [-0.4, -0.2) is 38.8 Å². The third-order valence-electron chi connectivity index (χ3n) is 6.13. The van der Waals surface area contributed by atoms with Crippen LogP contribution in [0.2, 0.25) is 0 Å². The van der Waals surface area contributed by atoms with E-state index in [0.29, 0.717) is 23.1 Å². The molecule has 1 fully saturated rings. The second kappa shape index (κ2) is 8.40. The van der Waals surface area contributed by atoms with Crippen molar-refractivity contribution >= 4 is 26.5 Å². The van der Waals surface area contributed by atoms with Crippen molar-refractivity contribution in [3.05, 3.63) is 60.2 Å². The van der Waals surface area contributed by atoms with Gasteiger partial charge >= 0.3 is 0 Å². The lowest BCUT2D eigenvalue weighted by molar-refractivity contribution is 0.363. The smallest absolute Gasteiger partial charge is 0.241 e. The van der Waals surface area contributed by atoms with Gasteiger partial charge in [0.15, 0.2) is 0 Å². The molecule has 31 heavy (non-hydrogen) atoms. The molecule has 0 bridgehead atoms. The number of nitrogens with one attached hydrogen (secondary N) is 1. The quantitative estimate of drug-likeness (QED) is 0.550. The van der Waals surface area contributed by atoms with E-state index in [9.17, 15) is 18.6 Å². The third kappa shape index (κ3) is 4.34. The number of phenols is 2. The van der Waals surface area contributed by atoms with Gasteiger partial charge in [0.25, 0.3) is 0 Å². The van der Waals surface area contributed by atoms with Gasteiger partial charge in [0, 0.05) is 42.7 Å². The number of phenolic OH excluding ortho intramolecular Hbond substituents is 2. The highest BCUT2D eigenvalue weighted by Crippen LogP contribution is 2.39. The van der Waals surface area contributed by atoms with Gasteiger partial charge in [-0.3, -0.25) is 0 Å². The van der Waals surface area contributed by atoms with Gasteiger partial charge in [-0.15, -0.1) is 0 Å². The average molecular weight is 441 g/mol. The number of aromatic hydroxyl groups is 2. The second-order valence-electron chi connectivity index (χ2n) is 8.44. The summed E-state index contributed by atoms with van der Waals surface area (Å²) in [6, 6.07) is 15.6. The van der Waals surface area contributed by atoms with E-state index in [0.717, 1.165) is 29.5 Å². The Morgan fingerprint density at radius 1 is 0.903 bits per heavy atom. The standard InChI is InChI=1S/C24H28N2O4S/c1-26(2)22-7-3-6-21-20(22)5-4-8-24(21)31(29,30)25-17-11-9-16(10-12-17)19-14-13-18(27)15-23(19)28/h3-8,13-17,25,27-28H,9-12H2,1-2H3/t16-,17+. The Hall–Kier alpha value is -2.77. The largest absolute Gasteiger partial charge is 0.508 e. The Balaban J connectivity index is 1.52. The molecule has 4 rings (SSSR count). The molecule has 0 saturated heterocycles. The van der Waals surface area contributed by atoms with Crippen LogP contribution in [0.25, 0.3) is 10.8 Å². The summed E-state index contributed by atoms with van der Waals surface area (Å²) in [6.07, 6.45) is 2.92. The lowest BCUT2D eigenvalue weighted by Crippen LogP contribution is -2.37. The molecule has 3 aromatic rings. The van der Waals surface area contributed by atoms with Crippen molar-refractivity contribution in [3.63, 3.8) is 0 Å². The number of hydrogen-bond acceptors (Lipinski definition) is 5. The fraction of sp³-hybridized carbons (Fsp3) is 0.333. The molecule has 0 unspecified atom stereocenters. The molecule has 0 aliphatic heterocycles. The Kier molecular flexibility index (Phi) is 5.81. The molecule has 0 heterocycles. The molecule has 1 aliphatic rings. The lowest BCUT2D eigenvalue weighted by atomic mass is 9.81. The molecule has 3 aromatic carbocycles. The van der Waals surface area contributed by atoms with Gasteiger partial charge in [-0.25, -0.2) is 13.1 Å². The first-order valence-electron chi connectivity index (χ1n) is 10.5. The summed E-state index contributed by atoms with van der Waals surface area (Å²) in [6.45, 7) is 0. The van der Waals surface area contributed by atoms with Crippen molar-refractivity contribution in [3.8, 4) is 11.5 Å². The number of rotatable bonds is 5. The minimum absolute atomic E-state index is 0.0372. The number of anilines is 1. The van der Waals surface area contributed by atoms with Crippen LogP contribution in [0.4, 0.5) is 5.69 Å². The zero-order valence-electron chi connectivity index (χ0n) is 17.7. The van der Waals surface area contributed by atoms with Gasteiger partial charge in [-0.2, -0.15) is 0 Å². The van der Waals surface area contributed by atoms with E-state index in [1.807, 2.05) is 43.3 Å². The first-order valence-corrected chi connectivity index (χ1v) is 12.0. The Bertz CT molecular complexity index is 1200. The van der Waals surface area contributed by atoms with Gasteiger partial charge in [0.05, 0.1) is 4.90 Å². The number of nitrogens with zero attached hydrogens (tertiary/aromatic N) is 1. The minimum atomic E-state index is -3.68. The van der Waals surface area contributed by atoms with Crippen molar-refractivity contribution in [2.45, 2.75) is 42.5 Å². The van der Waals surface area contributed by atoms with E-state index in [2.05, 4.69) is 4.72 Å². The molecule has 164 valence electrons. The number of hydrogen-bond donors (Lipinski definition) is 3. The van der Waals surface area contributed by atoms with Crippen LogP contribution in [-0.2, 0) is 10.0 Å². The predicted molar refractivity (Wildman–Crippen MR) is 123 cm³/mol. The fourth-order valence-electron chi connectivity index (χ4n) is 4.57. The summed E-state index contributed by atoms with van der Waals surface area (Å²) >= 11 is 0. The van der Waals surface area contributed by atoms with E-state index in [-0.39, 0.29) is 23.5 Å². The van der Waals surface area contributed by atoms with Crippen molar-refractivity contribution < 1.29 is 18.6 Å². The molecule has 0 radical (unpaired) electrons. The summed E-state index contributed by atoms with van der Waals surface area (Å²) in [4.78, 5) is 2.28. The Labute approximate surface area is 183 Å². The molecule has 0 aromatic heterocycles. The van der Waals surface area contributed by atoms with E-state index < -0.39 is 10.0 Å². The van der Waals surface area contributed by atoms with E-state index in [1.54, 1.807) is 24.3 Å². The molecule has 1 saturated carbocycles. The summed E-state index contributed by atoms with van der Waals surface area (Å²) in [7, 11) is 0.210. The fourth-order valence-corrected chi connectivity index (χ4v) is 6.10. The maximum Gasteiger partial charge on any atom is 0.241 e. The SMILES string of the molecule is CN(C)c1cccc2c(S(=O)(=O)N[C@H]3CC[C@@H](c4ccc(O)cc4O)CC3)cccc12. The Morgan fingerprint density at radius 3 is 2.26 bits per heavy atom. The number of sulfonamides is 1. The summed E-state index contributed by atoms with van der Waals surface area (Å²) in [5, 5.41) is 21.2. The van der Waals surface area contributed by atoms with Crippen LogP contribution < -0.4 is 9.62 Å². The van der Waals surface area contributed by atoms with E-state index >= 15 is 0 Å². The average Bonchev–Trinajstić information content (AvgIpc) is 2.73. The molecule has 3 N–H and O–H groups in total. The maximum absolute atomic E-state index is 13.2. The lowest BCUT2D eigenvalue weighted by Gasteiger charge is -2.29. The summed E-state index contributed by atoms with van der Waals surface area (Å²) in [5.74, 6) is 0.285. The highest BCUT2D eigenvalue weighted by atomic mass is 32.2.